The fourth-order valence-corrected chi connectivity index (χ4v) is 4.24. The van der Waals surface area contributed by atoms with E-state index in [-0.39, 0.29) is 22.6 Å². The van der Waals surface area contributed by atoms with Crippen LogP contribution in [-0.2, 0) is 14.9 Å². The van der Waals surface area contributed by atoms with E-state index < -0.39 is 31.5 Å². The molecule has 0 aromatic heterocycles. The van der Waals surface area contributed by atoms with Gasteiger partial charge in [-0.15, -0.1) is 0 Å². The van der Waals surface area contributed by atoms with Crippen molar-refractivity contribution in [3.63, 3.8) is 0 Å². The van der Waals surface area contributed by atoms with Crippen LogP contribution < -0.4 is 14.2 Å². The first-order valence-electron chi connectivity index (χ1n) is 9.69. The van der Waals surface area contributed by atoms with E-state index in [1.165, 1.54) is 43.5 Å². The van der Waals surface area contributed by atoms with E-state index in [4.69, 9.17) is 8.92 Å². The van der Waals surface area contributed by atoms with Crippen molar-refractivity contribution < 1.29 is 27.1 Å². The van der Waals surface area contributed by atoms with Gasteiger partial charge in [-0.2, -0.15) is 13.7 Å². The van der Waals surface area contributed by atoms with Crippen LogP contribution in [0.4, 0.5) is 11.4 Å². The number of rotatable bonds is 8. The van der Waals surface area contributed by atoms with E-state index in [1.54, 1.807) is 30.3 Å². The molecule has 0 spiro atoms. The summed E-state index contributed by atoms with van der Waals surface area (Å²) >= 11 is 3.29. The lowest BCUT2D eigenvalue weighted by Crippen LogP contribution is -2.13. The average Bonchev–Trinajstić information content (AvgIpc) is 2.83. The molecule has 0 bridgehead atoms. The van der Waals surface area contributed by atoms with E-state index in [2.05, 4.69) is 21.2 Å². The molecule has 178 valence electrons. The van der Waals surface area contributed by atoms with Crippen molar-refractivity contribution in [2.45, 2.75) is 4.90 Å². The summed E-state index contributed by atoms with van der Waals surface area (Å²) in [6.07, 6.45) is 1.23. The van der Waals surface area contributed by atoms with Crippen LogP contribution in [0.25, 0.3) is 6.08 Å². The van der Waals surface area contributed by atoms with Crippen LogP contribution in [0.3, 0.4) is 0 Å². The fourth-order valence-electron chi connectivity index (χ4n) is 2.88. The largest absolute Gasteiger partial charge is 0.493 e. The van der Waals surface area contributed by atoms with Crippen molar-refractivity contribution in [2.75, 3.05) is 12.4 Å². The maximum Gasteiger partial charge on any atom is 0.346 e. The summed E-state index contributed by atoms with van der Waals surface area (Å²) in [6.45, 7) is 0. The molecular formula is C23H16BrN3O7S. The maximum atomic E-state index is 12.8. The third kappa shape index (κ3) is 6.23. The predicted molar refractivity (Wildman–Crippen MR) is 130 cm³/mol. The predicted octanol–water partition coefficient (Wildman–Crippen LogP) is 4.68. The standard InChI is InChI=1S/C23H16BrN3O7S/c1-33-20-11-6-15(12-16(14-25)23(28)26-18-9-7-17(24)8-10-18)13-21(20)34-35(31,32)22-5-3-2-4-19(22)27(29)30/h2-13H,1H3,(H,26,28)/b16-12+. The van der Waals surface area contributed by atoms with E-state index in [0.717, 1.165) is 16.6 Å². The van der Waals surface area contributed by atoms with Gasteiger partial charge in [-0.1, -0.05) is 34.1 Å². The molecule has 0 saturated carbocycles. The van der Waals surface area contributed by atoms with Crippen LogP contribution in [-0.4, -0.2) is 26.4 Å². The highest BCUT2D eigenvalue weighted by molar-refractivity contribution is 9.10. The minimum Gasteiger partial charge on any atom is -0.493 e. The Labute approximate surface area is 208 Å². The Morgan fingerprint density at radius 2 is 1.80 bits per heavy atom. The van der Waals surface area contributed by atoms with Crippen molar-refractivity contribution in [2.24, 2.45) is 0 Å². The summed E-state index contributed by atoms with van der Waals surface area (Å²) in [5.74, 6) is -0.951. The Morgan fingerprint density at radius 1 is 1.11 bits per heavy atom. The summed E-state index contributed by atoms with van der Waals surface area (Å²) < 4.78 is 36.7. The first-order valence-corrected chi connectivity index (χ1v) is 11.9. The van der Waals surface area contributed by atoms with Gasteiger partial charge in [-0.3, -0.25) is 14.9 Å². The van der Waals surface area contributed by atoms with E-state index >= 15 is 0 Å². The molecule has 35 heavy (non-hydrogen) atoms. The summed E-state index contributed by atoms with van der Waals surface area (Å²) in [5.41, 5.74) is -0.195. The smallest absolute Gasteiger partial charge is 0.346 e. The normalized spacial score (nSPS) is 11.3. The zero-order valence-electron chi connectivity index (χ0n) is 18.0. The second kappa shape index (κ2) is 10.8. The van der Waals surface area contributed by atoms with Gasteiger partial charge in [0.2, 0.25) is 0 Å². The molecule has 0 aliphatic rings. The Balaban J connectivity index is 1.94. The number of nitro groups is 1. The summed E-state index contributed by atoms with van der Waals surface area (Å²) in [7, 11) is -3.34. The number of nitriles is 1. The Kier molecular flexibility index (Phi) is 7.85. The lowest BCUT2D eigenvalue weighted by atomic mass is 10.1. The minimum absolute atomic E-state index is 0.0159. The zero-order chi connectivity index (χ0) is 25.6. The van der Waals surface area contributed by atoms with Gasteiger partial charge in [-0.25, -0.2) is 0 Å². The third-order valence-electron chi connectivity index (χ3n) is 4.50. The van der Waals surface area contributed by atoms with E-state index in [1.807, 2.05) is 0 Å². The molecule has 0 unspecified atom stereocenters. The summed E-state index contributed by atoms with van der Waals surface area (Å²) in [6, 6.07) is 17.3. The lowest BCUT2D eigenvalue weighted by Gasteiger charge is -2.12. The number of carbonyl (C=O) groups is 1. The highest BCUT2D eigenvalue weighted by Crippen LogP contribution is 2.33. The van der Waals surface area contributed by atoms with Crippen LogP contribution in [0.1, 0.15) is 5.56 Å². The van der Waals surface area contributed by atoms with Gasteiger partial charge in [0, 0.05) is 16.2 Å². The molecule has 3 rings (SSSR count). The molecule has 0 saturated heterocycles. The van der Waals surface area contributed by atoms with Gasteiger partial charge < -0.3 is 14.2 Å². The van der Waals surface area contributed by atoms with Crippen molar-refractivity contribution in [1.82, 2.24) is 0 Å². The fraction of sp³-hybridized carbons (Fsp3) is 0.0435. The molecule has 0 heterocycles. The summed E-state index contributed by atoms with van der Waals surface area (Å²) in [4.78, 5) is 22.3. The Morgan fingerprint density at radius 3 is 2.43 bits per heavy atom. The molecule has 1 amide bonds. The molecular weight excluding hydrogens is 542 g/mol. The molecule has 3 aromatic carbocycles. The van der Waals surface area contributed by atoms with E-state index in [9.17, 15) is 28.6 Å². The van der Waals surface area contributed by atoms with Gasteiger partial charge in [0.25, 0.3) is 11.6 Å². The van der Waals surface area contributed by atoms with Crippen molar-refractivity contribution in [3.05, 3.63) is 92.5 Å². The molecule has 3 aromatic rings. The zero-order valence-corrected chi connectivity index (χ0v) is 20.4. The number of amides is 1. The number of anilines is 1. The number of carbonyl (C=O) groups excluding carboxylic acids is 1. The van der Waals surface area contributed by atoms with Gasteiger partial charge in [-0.05, 0) is 54.1 Å². The summed E-state index contributed by atoms with van der Waals surface area (Å²) in [5, 5.41) is 23.3. The number of nitrogens with zero attached hydrogens (tertiary/aromatic N) is 2. The quantitative estimate of drug-likeness (QED) is 0.138. The third-order valence-corrected chi connectivity index (χ3v) is 6.31. The first kappa shape index (κ1) is 25.4. The molecule has 12 heteroatoms. The van der Waals surface area contributed by atoms with Gasteiger partial charge in [0.1, 0.15) is 11.6 Å². The molecule has 0 fully saturated rings. The molecule has 0 radical (unpaired) electrons. The van der Waals surface area contributed by atoms with Crippen LogP contribution in [0.15, 0.2) is 81.7 Å². The maximum absolute atomic E-state index is 12.8. The lowest BCUT2D eigenvalue weighted by molar-refractivity contribution is -0.387. The van der Waals surface area contributed by atoms with Crippen LogP contribution in [0, 0.1) is 21.4 Å². The number of para-hydroxylation sites is 1. The number of benzene rings is 3. The number of nitro benzene ring substituents is 1. The number of hydrogen-bond donors (Lipinski definition) is 1. The van der Waals surface area contributed by atoms with Gasteiger partial charge in [0.15, 0.2) is 16.4 Å². The second-order valence-electron chi connectivity index (χ2n) is 6.80. The van der Waals surface area contributed by atoms with Crippen LogP contribution >= 0.6 is 15.9 Å². The first-order chi connectivity index (χ1) is 16.6. The minimum atomic E-state index is -4.62. The highest BCUT2D eigenvalue weighted by Gasteiger charge is 2.28. The van der Waals surface area contributed by atoms with Crippen molar-refractivity contribution in [3.8, 4) is 17.6 Å². The van der Waals surface area contributed by atoms with Crippen molar-refractivity contribution in [1.29, 1.82) is 5.26 Å². The molecule has 1 N–H and O–H groups in total. The molecule has 0 aliphatic carbocycles. The number of halogens is 1. The highest BCUT2D eigenvalue weighted by atomic mass is 79.9. The molecule has 0 aliphatic heterocycles. The number of ether oxygens (including phenoxy) is 1. The number of hydrogen-bond acceptors (Lipinski definition) is 8. The van der Waals surface area contributed by atoms with Crippen LogP contribution in [0.5, 0.6) is 11.5 Å². The Bertz CT molecular complexity index is 1460. The SMILES string of the molecule is COc1ccc(/C=C(\C#N)C(=O)Nc2ccc(Br)cc2)cc1OS(=O)(=O)c1ccccc1[N+](=O)[O-]. The van der Waals surface area contributed by atoms with E-state index in [0.29, 0.717) is 5.69 Å². The van der Waals surface area contributed by atoms with Crippen LogP contribution in [0.2, 0.25) is 0 Å². The molecule has 0 atom stereocenters. The Hall–Kier alpha value is -4.21. The van der Waals surface area contributed by atoms with Gasteiger partial charge >= 0.3 is 10.1 Å². The molecule has 10 nitrogen and oxygen atoms in total. The average molecular weight is 558 g/mol. The number of methoxy groups -OCH3 is 1. The number of nitrogens with one attached hydrogen (secondary N) is 1. The topological polar surface area (TPSA) is 149 Å². The second-order valence-corrected chi connectivity index (χ2v) is 9.23. The van der Waals surface area contributed by atoms with Crippen molar-refractivity contribution >= 4 is 49.4 Å². The van der Waals surface area contributed by atoms with Gasteiger partial charge in [0.05, 0.1) is 12.0 Å². The monoisotopic (exact) mass is 557 g/mol.